The predicted molar refractivity (Wildman–Crippen MR) is 113 cm³/mol. The molecule has 6 heteroatoms. The van der Waals surface area contributed by atoms with E-state index in [1.807, 2.05) is 0 Å². The van der Waals surface area contributed by atoms with Gasteiger partial charge in [-0.3, -0.25) is 9.59 Å². The molecule has 0 amide bonds. The van der Waals surface area contributed by atoms with Crippen molar-refractivity contribution in [3.05, 3.63) is 0 Å². The van der Waals surface area contributed by atoms with Crippen LogP contribution in [-0.2, 0) is 19.2 Å². The van der Waals surface area contributed by atoms with E-state index in [1.54, 1.807) is 0 Å². The van der Waals surface area contributed by atoms with Crippen LogP contribution < -0.4 is 0 Å². The molecule has 6 nitrogen and oxygen atoms in total. The van der Waals surface area contributed by atoms with E-state index in [4.69, 9.17) is 10.2 Å². The Bertz CT molecular complexity index is 430. The molecule has 0 aromatic rings. The Morgan fingerprint density at radius 2 is 0.517 bits per heavy atom. The van der Waals surface area contributed by atoms with E-state index in [9.17, 15) is 19.2 Å². The van der Waals surface area contributed by atoms with Gasteiger partial charge in [0.15, 0.2) is 0 Å². The Morgan fingerprint density at radius 3 is 0.690 bits per heavy atom. The zero-order valence-corrected chi connectivity index (χ0v) is 18.0. The molecule has 29 heavy (non-hydrogen) atoms. The van der Waals surface area contributed by atoms with E-state index < -0.39 is 23.5 Å². The number of hydrogen-bond acceptors (Lipinski definition) is 4. The van der Waals surface area contributed by atoms with Gasteiger partial charge in [0, 0.05) is 12.8 Å². The first-order valence-corrected chi connectivity index (χ1v) is 11.5. The van der Waals surface area contributed by atoms with Crippen molar-refractivity contribution in [1.29, 1.82) is 0 Å². The fourth-order valence-electron chi connectivity index (χ4n) is 3.44. The fraction of sp³-hybridized carbons (Fsp3) is 0.826. The van der Waals surface area contributed by atoms with Crippen molar-refractivity contribution in [3.8, 4) is 0 Å². The van der Waals surface area contributed by atoms with E-state index in [0.717, 1.165) is 25.7 Å². The second-order valence-corrected chi connectivity index (χ2v) is 7.97. The molecule has 0 rings (SSSR count). The number of aliphatic carboxylic acids is 2. The summed E-state index contributed by atoms with van der Waals surface area (Å²) in [5.41, 5.74) is 0. The van der Waals surface area contributed by atoms with Gasteiger partial charge in [0.1, 0.15) is 0 Å². The quantitative estimate of drug-likeness (QED) is 0.174. The van der Waals surface area contributed by atoms with Gasteiger partial charge >= 0.3 is 11.9 Å². The first kappa shape index (κ1) is 27.3. The number of rotatable bonds is 22. The van der Waals surface area contributed by atoms with Gasteiger partial charge in [-0.15, -0.1) is 0 Å². The Kier molecular flexibility index (Phi) is 18.4. The fourth-order valence-corrected chi connectivity index (χ4v) is 3.44. The first-order chi connectivity index (χ1) is 13.9. The Balaban J connectivity index is 3.13. The van der Waals surface area contributed by atoms with Gasteiger partial charge in [0.2, 0.25) is 11.6 Å². The third kappa shape index (κ3) is 19.4. The molecule has 0 spiro atoms. The van der Waals surface area contributed by atoms with Gasteiger partial charge in [-0.2, -0.15) is 0 Å². The average molecular weight is 413 g/mol. The van der Waals surface area contributed by atoms with Gasteiger partial charge < -0.3 is 10.2 Å². The molecule has 0 aliphatic rings. The monoisotopic (exact) mass is 412 g/mol. The maximum Gasteiger partial charge on any atom is 0.372 e. The molecule has 0 saturated carbocycles. The summed E-state index contributed by atoms with van der Waals surface area (Å²) in [6, 6.07) is 0. The van der Waals surface area contributed by atoms with Crippen LogP contribution in [0.4, 0.5) is 0 Å². The molecule has 0 aromatic heterocycles. The summed E-state index contributed by atoms with van der Waals surface area (Å²) >= 11 is 0. The Hall–Kier alpha value is -1.72. The highest BCUT2D eigenvalue weighted by molar-refractivity contribution is 6.32. The highest BCUT2D eigenvalue weighted by Gasteiger charge is 2.10. The van der Waals surface area contributed by atoms with Crippen LogP contribution in [0.3, 0.4) is 0 Å². The number of carboxylic acid groups (broad SMARTS) is 2. The number of ketones is 2. The summed E-state index contributed by atoms with van der Waals surface area (Å²) in [7, 11) is 0. The van der Waals surface area contributed by atoms with Crippen molar-refractivity contribution in [2.45, 2.75) is 122 Å². The zero-order valence-electron chi connectivity index (χ0n) is 18.0. The smallest absolute Gasteiger partial charge is 0.372 e. The molecule has 0 aromatic carbocycles. The molecular weight excluding hydrogens is 372 g/mol. The largest absolute Gasteiger partial charge is 0.476 e. The topological polar surface area (TPSA) is 109 Å². The van der Waals surface area contributed by atoms with Crippen molar-refractivity contribution in [3.63, 3.8) is 0 Å². The van der Waals surface area contributed by atoms with Crippen molar-refractivity contribution in [1.82, 2.24) is 0 Å². The molecule has 0 unspecified atom stereocenters. The highest BCUT2D eigenvalue weighted by Crippen LogP contribution is 2.14. The van der Waals surface area contributed by atoms with Crippen molar-refractivity contribution >= 4 is 23.5 Å². The van der Waals surface area contributed by atoms with Gasteiger partial charge in [0.25, 0.3) is 0 Å². The van der Waals surface area contributed by atoms with E-state index in [0.29, 0.717) is 12.8 Å². The summed E-state index contributed by atoms with van der Waals surface area (Å²) in [5.74, 6) is -3.96. The normalized spacial score (nSPS) is 10.8. The zero-order chi connectivity index (χ0) is 21.7. The second-order valence-electron chi connectivity index (χ2n) is 7.97. The van der Waals surface area contributed by atoms with Crippen LogP contribution in [0.5, 0.6) is 0 Å². The lowest BCUT2D eigenvalue weighted by atomic mass is 10.0. The van der Waals surface area contributed by atoms with Crippen molar-refractivity contribution in [2.75, 3.05) is 0 Å². The summed E-state index contributed by atoms with van der Waals surface area (Å²) in [4.78, 5) is 42.6. The summed E-state index contributed by atoms with van der Waals surface area (Å²) < 4.78 is 0. The molecule has 2 N–H and O–H groups in total. The molecule has 0 atom stereocenters. The summed E-state index contributed by atoms with van der Waals surface area (Å²) in [5, 5.41) is 17.0. The van der Waals surface area contributed by atoms with E-state index in [-0.39, 0.29) is 12.8 Å². The van der Waals surface area contributed by atoms with Gasteiger partial charge in [-0.25, -0.2) is 9.59 Å². The average Bonchev–Trinajstić information content (AvgIpc) is 2.69. The molecular formula is C23H40O6. The number of unbranched alkanes of at least 4 members (excludes halogenated alkanes) is 16. The lowest BCUT2D eigenvalue weighted by Gasteiger charge is -2.04. The molecule has 0 aliphatic carbocycles. The van der Waals surface area contributed by atoms with Crippen LogP contribution in [0.1, 0.15) is 122 Å². The third-order valence-electron chi connectivity index (χ3n) is 5.28. The second kappa shape index (κ2) is 19.6. The number of carboxylic acids is 2. The predicted octanol–water partition coefficient (Wildman–Crippen LogP) is 5.71. The maximum atomic E-state index is 10.9. The number of hydrogen-bond donors (Lipinski definition) is 2. The molecule has 0 radical (unpaired) electrons. The molecule has 0 saturated heterocycles. The van der Waals surface area contributed by atoms with Crippen molar-refractivity contribution < 1.29 is 29.4 Å². The molecule has 0 heterocycles. The van der Waals surface area contributed by atoms with E-state index in [1.165, 1.54) is 70.6 Å². The molecule has 168 valence electrons. The van der Waals surface area contributed by atoms with E-state index in [2.05, 4.69) is 0 Å². The minimum absolute atomic E-state index is 0.170. The summed E-state index contributed by atoms with van der Waals surface area (Å²) in [6.45, 7) is 0. The van der Waals surface area contributed by atoms with Crippen LogP contribution in [0.25, 0.3) is 0 Å². The SMILES string of the molecule is O=C(O)C(=O)CCCCCCCCCCCCCCCCCCCC(=O)C(=O)O. The number of Topliss-reactive ketones (excluding diaryl/α,β-unsaturated/α-hetero) is 2. The van der Waals surface area contributed by atoms with Crippen LogP contribution in [0.2, 0.25) is 0 Å². The Labute approximate surface area is 175 Å². The summed E-state index contributed by atoms with van der Waals surface area (Å²) in [6.07, 6.45) is 19.6. The molecule has 0 aliphatic heterocycles. The lowest BCUT2D eigenvalue weighted by Crippen LogP contribution is -2.11. The van der Waals surface area contributed by atoms with Crippen molar-refractivity contribution in [2.24, 2.45) is 0 Å². The van der Waals surface area contributed by atoms with Crippen LogP contribution in [-0.4, -0.2) is 33.7 Å². The van der Waals surface area contributed by atoms with Crippen LogP contribution in [0.15, 0.2) is 0 Å². The van der Waals surface area contributed by atoms with Gasteiger partial charge in [-0.1, -0.05) is 96.3 Å². The number of carbonyl (C=O) groups is 4. The van der Waals surface area contributed by atoms with Crippen LogP contribution in [0, 0.1) is 0 Å². The van der Waals surface area contributed by atoms with Gasteiger partial charge in [0.05, 0.1) is 0 Å². The number of carbonyl (C=O) groups excluding carboxylic acids is 2. The highest BCUT2D eigenvalue weighted by atomic mass is 16.4. The minimum atomic E-state index is -1.31. The standard InChI is InChI=1S/C23H40O6/c24-20(22(26)27)18-16-14-12-10-8-6-4-2-1-3-5-7-9-11-13-15-17-19-21(25)23(28)29/h1-19H2,(H,26,27)(H,28,29). The van der Waals surface area contributed by atoms with Gasteiger partial charge in [-0.05, 0) is 12.8 Å². The third-order valence-corrected chi connectivity index (χ3v) is 5.28. The van der Waals surface area contributed by atoms with E-state index >= 15 is 0 Å². The minimum Gasteiger partial charge on any atom is -0.476 e. The lowest BCUT2D eigenvalue weighted by molar-refractivity contribution is -0.149. The molecule has 0 fully saturated rings. The van der Waals surface area contributed by atoms with Crippen LogP contribution >= 0.6 is 0 Å². The Morgan fingerprint density at radius 1 is 0.345 bits per heavy atom. The molecule has 0 bridgehead atoms. The first-order valence-electron chi connectivity index (χ1n) is 11.5. The maximum absolute atomic E-state index is 10.9.